The van der Waals surface area contributed by atoms with Crippen molar-refractivity contribution in [3.8, 4) is 0 Å². The largest absolute Gasteiger partial charge is 0.351 e. The molecule has 0 saturated heterocycles. The van der Waals surface area contributed by atoms with E-state index in [1.807, 2.05) is 48.5 Å². The average molecular weight is 300 g/mol. The summed E-state index contributed by atoms with van der Waals surface area (Å²) in [5, 5.41) is 3.50. The molecule has 0 radical (unpaired) electrons. The molecule has 21 heavy (non-hydrogen) atoms. The van der Waals surface area contributed by atoms with E-state index < -0.39 is 0 Å². The number of halogens is 1. The van der Waals surface area contributed by atoms with Gasteiger partial charge in [0.05, 0.1) is 17.1 Å². The number of rotatable bonds is 5. The van der Waals surface area contributed by atoms with Crippen LogP contribution >= 0.6 is 11.6 Å². The lowest BCUT2D eigenvalue weighted by Gasteiger charge is -2.15. The topological polar surface area (TPSA) is 57.8 Å². The number of fused-ring (bicyclic) bond motifs is 1. The molecule has 0 aliphatic carbocycles. The van der Waals surface area contributed by atoms with Crippen molar-refractivity contribution in [1.82, 2.24) is 15.3 Å². The summed E-state index contributed by atoms with van der Waals surface area (Å²) >= 11 is 5.90. The van der Waals surface area contributed by atoms with E-state index in [1.165, 1.54) is 0 Å². The molecule has 0 saturated carbocycles. The van der Waals surface area contributed by atoms with E-state index in [-0.39, 0.29) is 6.04 Å². The molecule has 2 aromatic carbocycles. The number of aromatic amines is 1. The maximum Gasteiger partial charge on any atom is 0.207 e. The molecule has 0 aliphatic heterocycles. The molecule has 0 fully saturated rings. The van der Waals surface area contributed by atoms with Gasteiger partial charge in [0.1, 0.15) is 5.82 Å². The number of nitrogens with zero attached hydrogens (tertiary/aromatic N) is 1. The zero-order valence-corrected chi connectivity index (χ0v) is 12.0. The van der Waals surface area contributed by atoms with Gasteiger partial charge in [0, 0.05) is 11.4 Å². The van der Waals surface area contributed by atoms with Crippen LogP contribution in [0.2, 0.25) is 5.02 Å². The average Bonchev–Trinajstić information content (AvgIpc) is 2.90. The molecule has 3 rings (SSSR count). The maximum absolute atomic E-state index is 10.9. The van der Waals surface area contributed by atoms with Crippen LogP contribution in [0.1, 0.15) is 17.4 Å². The third-order valence-corrected chi connectivity index (χ3v) is 3.63. The molecule has 106 valence electrons. The number of aromatic nitrogens is 2. The number of carbonyl (C=O) groups excluding carboxylic acids is 1. The van der Waals surface area contributed by atoms with Gasteiger partial charge in [-0.15, -0.1) is 0 Å². The summed E-state index contributed by atoms with van der Waals surface area (Å²) in [5.74, 6) is 0.838. The van der Waals surface area contributed by atoms with E-state index in [1.54, 1.807) is 0 Å². The second kappa shape index (κ2) is 5.97. The van der Waals surface area contributed by atoms with Gasteiger partial charge in [-0.25, -0.2) is 4.98 Å². The van der Waals surface area contributed by atoms with E-state index in [0.717, 1.165) is 22.4 Å². The Hall–Kier alpha value is -2.33. The van der Waals surface area contributed by atoms with E-state index in [9.17, 15) is 4.79 Å². The molecule has 2 N–H and O–H groups in total. The molecule has 5 heteroatoms. The van der Waals surface area contributed by atoms with Crippen LogP contribution in [-0.4, -0.2) is 16.4 Å². The summed E-state index contributed by atoms with van der Waals surface area (Å²) in [6, 6.07) is 15.2. The van der Waals surface area contributed by atoms with Crippen molar-refractivity contribution in [2.24, 2.45) is 0 Å². The molecule has 1 unspecified atom stereocenters. The van der Waals surface area contributed by atoms with Crippen molar-refractivity contribution >= 4 is 29.0 Å². The first-order valence-electron chi connectivity index (χ1n) is 6.65. The Balaban J connectivity index is 1.87. The Morgan fingerprint density at radius 1 is 1.19 bits per heavy atom. The number of hydrogen-bond donors (Lipinski definition) is 2. The molecule has 0 bridgehead atoms. The van der Waals surface area contributed by atoms with Gasteiger partial charge < -0.3 is 10.3 Å². The highest BCUT2D eigenvalue weighted by molar-refractivity contribution is 6.30. The number of amides is 1. The fourth-order valence-corrected chi connectivity index (χ4v) is 2.47. The van der Waals surface area contributed by atoms with Crippen LogP contribution in [0, 0.1) is 0 Å². The lowest BCUT2D eigenvalue weighted by Crippen LogP contribution is -2.22. The monoisotopic (exact) mass is 299 g/mol. The standard InChI is InChI=1S/C16H14ClN3O/c17-12-7-5-11(6-8-12)15(18-10-21)9-16-19-13-3-1-2-4-14(13)20-16/h1-8,10,15H,9H2,(H,18,21)(H,19,20). The Bertz CT molecular complexity index is 719. The molecule has 3 aromatic rings. The summed E-state index contributed by atoms with van der Waals surface area (Å²) in [7, 11) is 0. The van der Waals surface area contributed by atoms with Crippen molar-refractivity contribution in [3.05, 3.63) is 64.9 Å². The quantitative estimate of drug-likeness (QED) is 0.711. The predicted octanol–water partition coefficient (Wildman–Crippen LogP) is 3.25. The normalized spacial score (nSPS) is 12.2. The molecule has 1 heterocycles. The Morgan fingerprint density at radius 2 is 1.95 bits per heavy atom. The zero-order chi connectivity index (χ0) is 14.7. The SMILES string of the molecule is O=CNC(Cc1nc2ccccc2[nH]1)c1ccc(Cl)cc1. The second-order valence-corrected chi connectivity index (χ2v) is 5.23. The number of imidazole rings is 1. The van der Waals surface area contributed by atoms with E-state index in [0.29, 0.717) is 17.9 Å². The predicted molar refractivity (Wildman–Crippen MR) is 83.2 cm³/mol. The van der Waals surface area contributed by atoms with Gasteiger partial charge >= 0.3 is 0 Å². The highest BCUT2D eigenvalue weighted by Crippen LogP contribution is 2.20. The minimum atomic E-state index is -0.139. The van der Waals surface area contributed by atoms with Gasteiger partial charge in [-0.1, -0.05) is 35.9 Å². The van der Waals surface area contributed by atoms with Gasteiger partial charge in [-0.3, -0.25) is 4.79 Å². The van der Waals surface area contributed by atoms with Crippen LogP contribution in [0.15, 0.2) is 48.5 Å². The first-order chi connectivity index (χ1) is 10.3. The van der Waals surface area contributed by atoms with Crippen molar-refractivity contribution < 1.29 is 4.79 Å². The molecule has 0 aliphatic rings. The van der Waals surface area contributed by atoms with E-state index >= 15 is 0 Å². The smallest absolute Gasteiger partial charge is 0.207 e. The summed E-state index contributed by atoms with van der Waals surface area (Å²) in [6.07, 6.45) is 1.30. The number of para-hydroxylation sites is 2. The van der Waals surface area contributed by atoms with Crippen molar-refractivity contribution in [2.75, 3.05) is 0 Å². The summed E-state index contributed by atoms with van der Waals surface area (Å²) in [4.78, 5) is 18.7. The third-order valence-electron chi connectivity index (χ3n) is 3.38. The first kappa shape index (κ1) is 13.6. The molecule has 1 amide bonds. The first-order valence-corrected chi connectivity index (χ1v) is 7.03. The zero-order valence-electron chi connectivity index (χ0n) is 11.2. The third kappa shape index (κ3) is 3.06. The van der Waals surface area contributed by atoms with Gasteiger partial charge in [0.2, 0.25) is 6.41 Å². The number of benzene rings is 2. The Kier molecular flexibility index (Phi) is 3.88. The van der Waals surface area contributed by atoms with Crippen LogP contribution in [0.4, 0.5) is 0 Å². The van der Waals surface area contributed by atoms with Crippen molar-refractivity contribution in [1.29, 1.82) is 0 Å². The van der Waals surface area contributed by atoms with E-state index in [2.05, 4.69) is 15.3 Å². The van der Waals surface area contributed by atoms with Gasteiger partial charge in [-0.2, -0.15) is 0 Å². The Labute approximate surface area is 127 Å². The molecular weight excluding hydrogens is 286 g/mol. The van der Waals surface area contributed by atoms with Gasteiger partial charge in [0.25, 0.3) is 0 Å². The van der Waals surface area contributed by atoms with E-state index in [4.69, 9.17) is 11.6 Å². The Morgan fingerprint density at radius 3 is 2.67 bits per heavy atom. The van der Waals surface area contributed by atoms with Crippen LogP contribution < -0.4 is 5.32 Å². The number of H-pyrrole nitrogens is 1. The highest BCUT2D eigenvalue weighted by Gasteiger charge is 2.14. The van der Waals surface area contributed by atoms with Crippen molar-refractivity contribution in [3.63, 3.8) is 0 Å². The van der Waals surface area contributed by atoms with Crippen LogP contribution in [0.3, 0.4) is 0 Å². The molecule has 1 atom stereocenters. The minimum absolute atomic E-state index is 0.139. The lowest BCUT2D eigenvalue weighted by atomic mass is 10.0. The van der Waals surface area contributed by atoms with Crippen LogP contribution in [0.5, 0.6) is 0 Å². The number of carbonyl (C=O) groups is 1. The fourth-order valence-electron chi connectivity index (χ4n) is 2.35. The van der Waals surface area contributed by atoms with Gasteiger partial charge in [0.15, 0.2) is 0 Å². The summed E-state index contributed by atoms with van der Waals surface area (Å²) < 4.78 is 0. The number of hydrogen-bond acceptors (Lipinski definition) is 2. The summed E-state index contributed by atoms with van der Waals surface area (Å²) in [5.41, 5.74) is 2.91. The molecule has 0 spiro atoms. The molecule has 1 aromatic heterocycles. The molecular formula is C16H14ClN3O. The highest BCUT2D eigenvalue weighted by atomic mass is 35.5. The van der Waals surface area contributed by atoms with Crippen molar-refractivity contribution in [2.45, 2.75) is 12.5 Å². The lowest BCUT2D eigenvalue weighted by molar-refractivity contribution is -0.110. The van der Waals surface area contributed by atoms with Gasteiger partial charge in [-0.05, 0) is 29.8 Å². The number of nitrogens with one attached hydrogen (secondary N) is 2. The molecule has 4 nitrogen and oxygen atoms in total. The van der Waals surface area contributed by atoms with Crippen LogP contribution in [0.25, 0.3) is 11.0 Å². The fraction of sp³-hybridized carbons (Fsp3) is 0.125. The maximum atomic E-state index is 10.9. The summed E-state index contributed by atoms with van der Waals surface area (Å²) in [6.45, 7) is 0. The minimum Gasteiger partial charge on any atom is -0.351 e. The van der Waals surface area contributed by atoms with Crippen LogP contribution in [-0.2, 0) is 11.2 Å². The second-order valence-electron chi connectivity index (χ2n) is 4.79.